The molecule has 0 radical (unpaired) electrons. The Morgan fingerprint density at radius 2 is 2.00 bits per heavy atom. The summed E-state index contributed by atoms with van der Waals surface area (Å²) < 4.78 is 0. The lowest BCUT2D eigenvalue weighted by atomic mass is 9.96. The van der Waals surface area contributed by atoms with Crippen molar-refractivity contribution < 1.29 is 5.48 Å². The smallest absolute Gasteiger partial charge is 0.0664 e. The normalized spacial score (nSPS) is 13.3. The van der Waals surface area contributed by atoms with Gasteiger partial charge in [0.05, 0.1) is 5.69 Å². The Hall–Kier alpha value is -1.67. The van der Waals surface area contributed by atoms with Crippen molar-refractivity contribution >= 4 is 16.8 Å². The fraction of sp³-hybridized carbons (Fsp3) is 0.154. The number of aryl methyl sites for hydroxylation is 1. The molecular formula is C13H13NO. The van der Waals surface area contributed by atoms with Crippen LogP contribution in [0.25, 0.3) is 16.8 Å². The maximum absolute atomic E-state index is 4.46. The van der Waals surface area contributed by atoms with Crippen LogP contribution in [0, 0.1) is 0 Å². The van der Waals surface area contributed by atoms with Gasteiger partial charge in [-0.15, -0.1) is 0 Å². The molecule has 0 aliphatic heterocycles. The Bertz CT molecular complexity index is 517. The predicted octanol–water partition coefficient (Wildman–Crippen LogP) is 2.37. The minimum absolute atomic E-state index is 0. The minimum atomic E-state index is 0. The van der Waals surface area contributed by atoms with E-state index in [1.807, 2.05) is 6.20 Å². The quantitative estimate of drug-likeness (QED) is 0.642. The van der Waals surface area contributed by atoms with Crippen LogP contribution in [0.1, 0.15) is 17.7 Å². The van der Waals surface area contributed by atoms with E-state index in [0.29, 0.717) is 0 Å². The Labute approximate surface area is 88.6 Å². The molecule has 0 unspecified atom stereocenters. The highest BCUT2D eigenvalue weighted by Gasteiger charge is 2.08. The van der Waals surface area contributed by atoms with Gasteiger partial charge < -0.3 is 5.48 Å². The molecular weight excluding hydrogens is 186 g/mol. The zero-order valence-corrected chi connectivity index (χ0v) is 8.40. The van der Waals surface area contributed by atoms with Gasteiger partial charge in [0.1, 0.15) is 0 Å². The maximum Gasteiger partial charge on any atom is 0.0664 e. The molecule has 0 amide bonds. The van der Waals surface area contributed by atoms with Gasteiger partial charge in [-0.05, 0) is 29.9 Å². The molecule has 1 heterocycles. The van der Waals surface area contributed by atoms with Gasteiger partial charge in [0.2, 0.25) is 0 Å². The van der Waals surface area contributed by atoms with E-state index in [9.17, 15) is 0 Å². The summed E-state index contributed by atoms with van der Waals surface area (Å²) in [6.45, 7) is 0. The molecule has 1 aliphatic rings. The molecule has 0 atom stereocenters. The third kappa shape index (κ3) is 1.53. The maximum atomic E-state index is 4.46. The zero-order chi connectivity index (χ0) is 9.38. The molecule has 1 aliphatic carbocycles. The number of fused-ring (bicyclic) bond motifs is 3. The van der Waals surface area contributed by atoms with Crippen LogP contribution in [0.5, 0.6) is 0 Å². The number of pyridine rings is 1. The standard InChI is InChI=1S/C13H11N.H2O/c1-2-6-11-10(5-1)9-14-13-8-4-3-7-12(11)13;/h1-2,4-6,8-9H,3,7H2;1H2. The Morgan fingerprint density at radius 3 is 2.93 bits per heavy atom. The minimum Gasteiger partial charge on any atom is -0.412 e. The zero-order valence-electron chi connectivity index (χ0n) is 8.40. The van der Waals surface area contributed by atoms with Gasteiger partial charge in [0.15, 0.2) is 0 Å². The molecule has 0 saturated carbocycles. The highest BCUT2D eigenvalue weighted by Crippen LogP contribution is 2.25. The van der Waals surface area contributed by atoms with Crippen molar-refractivity contribution in [3.05, 3.63) is 47.8 Å². The first kappa shape index (κ1) is 9.87. The number of allylic oxidation sites excluding steroid dienone is 1. The highest BCUT2D eigenvalue weighted by atomic mass is 16.0. The molecule has 2 aromatic rings. The van der Waals surface area contributed by atoms with E-state index in [1.165, 1.54) is 16.3 Å². The van der Waals surface area contributed by atoms with Crippen LogP contribution in [0.4, 0.5) is 0 Å². The second kappa shape index (κ2) is 3.83. The van der Waals surface area contributed by atoms with E-state index < -0.39 is 0 Å². The first-order valence-corrected chi connectivity index (χ1v) is 4.98. The lowest BCUT2D eigenvalue weighted by Crippen LogP contribution is -1.97. The van der Waals surface area contributed by atoms with Gasteiger partial charge in [-0.3, -0.25) is 4.98 Å². The number of benzene rings is 1. The second-order valence-electron chi connectivity index (χ2n) is 3.65. The lowest BCUT2D eigenvalue weighted by Gasteiger charge is -2.11. The summed E-state index contributed by atoms with van der Waals surface area (Å²) in [5.41, 5.74) is 2.56. The Kier molecular flexibility index (Phi) is 2.52. The summed E-state index contributed by atoms with van der Waals surface area (Å²) in [7, 11) is 0. The van der Waals surface area contributed by atoms with Crippen molar-refractivity contribution in [2.75, 3.05) is 0 Å². The first-order chi connectivity index (χ1) is 6.95. The van der Waals surface area contributed by atoms with Gasteiger partial charge in [-0.25, -0.2) is 0 Å². The van der Waals surface area contributed by atoms with Crippen molar-refractivity contribution in [3.8, 4) is 0 Å². The van der Waals surface area contributed by atoms with E-state index in [4.69, 9.17) is 0 Å². The van der Waals surface area contributed by atoms with Crippen molar-refractivity contribution in [2.24, 2.45) is 0 Å². The molecule has 2 heteroatoms. The molecule has 76 valence electrons. The van der Waals surface area contributed by atoms with E-state index in [2.05, 4.69) is 41.4 Å². The van der Waals surface area contributed by atoms with Gasteiger partial charge in [0, 0.05) is 11.6 Å². The van der Waals surface area contributed by atoms with Crippen LogP contribution in [0.2, 0.25) is 0 Å². The van der Waals surface area contributed by atoms with Crippen molar-refractivity contribution in [3.63, 3.8) is 0 Å². The fourth-order valence-corrected chi connectivity index (χ4v) is 2.07. The molecule has 1 aromatic heterocycles. The molecule has 1 aromatic carbocycles. The second-order valence-corrected chi connectivity index (χ2v) is 3.65. The van der Waals surface area contributed by atoms with Crippen molar-refractivity contribution in [1.29, 1.82) is 0 Å². The van der Waals surface area contributed by atoms with Crippen LogP contribution in [0.3, 0.4) is 0 Å². The van der Waals surface area contributed by atoms with Crippen LogP contribution in [0.15, 0.2) is 36.5 Å². The molecule has 0 bridgehead atoms. The fourth-order valence-electron chi connectivity index (χ4n) is 2.07. The predicted molar refractivity (Wildman–Crippen MR) is 62.7 cm³/mol. The van der Waals surface area contributed by atoms with Gasteiger partial charge in [-0.2, -0.15) is 0 Å². The highest BCUT2D eigenvalue weighted by molar-refractivity contribution is 5.87. The molecule has 3 rings (SSSR count). The SMILES string of the molecule is C1=Cc2ncc3ccccc3c2CC1.O. The number of hydrogen-bond donors (Lipinski definition) is 0. The van der Waals surface area contributed by atoms with Gasteiger partial charge in [-0.1, -0.05) is 30.3 Å². The molecule has 2 N–H and O–H groups in total. The largest absolute Gasteiger partial charge is 0.412 e. The van der Waals surface area contributed by atoms with Crippen molar-refractivity contribution in [2.45, 2.75) is 12.8 Å². The number of hydrogen-bond acceptors (Lipinski definition) is 1. The molecule has 0 saturated heterocycles. The number of aromatic nitrogens is 1. The molecule has 0 fully saturated rings. The average molecular weight is 199 g/mol. The topological polar surface area (TPSA) is 44.4 Å². The van der Waals surface area contributed by atoms with Gasteiger partial charge >= 0.3 is 0 Å². The van der Waals surface area contributed by atoms with E-state index in [0.717, 1.165) is 18.5 Å². The van der Waals surface area contributed by atoms with E-state index in [1.54, 1.807) is 0 Å². The van der Waals surface area contributed by atoms with Gasteiger partial charge in [0.25, 0.3) is 0 Å². The number of nitrogens with zero attached hydrogens (tertiary/aromatic N) is 1. The van der Waals surface area contributed by atoms with Crippen LogP contribution in [-0.4, -0.2) is 10.5 Å². The molecule has 2 nitrogen and oxygen atoms in total. The summed E-state index contributed by atoms with van der Waals surface area (Å²) in [6, 6.07) is 8.48. The lowest BCUT2D eigenvalue weighted by molar-refractivity contribution is 0.824. The number of rotatable bonds is 0. The molecule has 0 spiro atoms. The molecule has 15 heavy (non-hydrogen) atoms. The van der Waals surface area contributed by atoms with Crippen LogP contribution in [-0.2, 0) is 6.42 Å². The summed E-state index contributed by atoms with van der Waals surface area (Å²) in [5, 5.41) is 2.61. The Balaban J connectivity index is 0.000000853. The third-order valence-corrected chi connectivity index (χ3v) is 2.77. The summed E-state index contributed by atoms with van der Waals surface area (Å²) in [5.74, 6) is 0. The first-order valence-electron chi connectivity index (χ1n) is 4.98. The van der Waals surface area contributed by atoms with Crippen LogP contribution >= 0.6 is 0 Å². The van der Waals surface area contributed by atoms with Crippen molar-refractivity contribution in [1.82, 2.24) is 4.98 Å². The summed E-state index contributed by atoms with van der Waals surface area (Å²) in [6.07, 6.45) is 8.56. The Morgan fingerprint density at radius 1 is 1.13 bits per heavy atom. The van der Waals surface area contributed by atoms with E-state index >= 15 is 0 Å². The summed E-state index contributed by atoms with van der Waals surface area (Å²) in [4.78, 5) is 4.46. The summed E-state index contributed by atoms with van der Waals surface area (Å²) >= 11 is 0. The van der Waals surface area contributed by atoms with E-state index in [-0.39, 0.29) is 5.48 Å². The van der Waals surface area contributed by atoms with Crippen LogP contribution < -0.4 is 0 Å². The average Bonchev–Trinajstić information content (AvgIpc) is 2.29. The monoisotopic (exact) mass is 199 g/mol. The third-order valence-electron chi connectivity index (χ3n) is 2.77.